The van der Waals surface area contributed by atoms with Gasteiger partial charge in [-0.25, -0.2) is 0 Å². The van der Waals surface area contributed by atoms with Crippen LogP contribution in [0.15, 0.2) is 43.0 Å². The van der Waals surface area contributed by atoms with Crippen molar-refractivity contribution in [1.29, 1.82) is 0 Å². The number of aryl methyl sites for hydroxylation is 1. The Labute approximate surface area is 167 Å². The highest BCUT2D eigenvalue weighted by Crippen LogP contribution is 2.19. The predicted molar refractivity (Wildman–Crippen MR) is 114 cm³/mol. The zero-order valence-electron chi connectivity index (χ0n) is 17.1. The van der Waals surface area contributed by atoms with E-state index in [0.29, 0.717) is 6.54 Å². The lowest BCUT2D eigenvalue weighted by Gasteiger charge is -2.35. The Hall–Kier alpha value is -2.66. The van der Waals surface area contributed by atoms with Gasteiger partial charge in [-0.1, -0.05) is 6.08 Å². The van der Waals surface area contributed by atoms with Crippen LogP contribution in [-0.4, -0.2) is 53.8 Å². The van der Waals surface area contributed by atoms with Crippen LogP contribution in [0.3, 0.4) is 0 Å². The molecule has 1 aliphatic rings. The van der Waals surface area contributed by atoms with Gasteiger partial charge in [0.05, 0.1) is 6.54 Å². The molecule has 0 N–H and O–H groups in total. The molecule has 0 amide bonds. The van der Waals surface area contributed by atoms with Crippen molar-refractivity contribution in [3.63, 3.8) is 0 Å². The van der Waals surface area contributed by atoms with Gasteiger partial charge < -0.3 is 9.47 Å². The van der Waals surface area contributed by atoms with E-state index in [2.05, 4.69) is 20.9 Å². The molecule has 1 aromatic heterocycles. The molecule has 0 spiro atoms. The van der Waals surface area contributed by atoms with Gasteiger partial charge in [0.25, 0.3) is 0 Å². The zero-order valence-corrected chi connectivity index (χ0v) is 17.1. The number of carbonyl (C=O) groups excluding carboxylic acids is 2. The van der Waals surface area contributed by atoms with Crippen molar-refractivity contribution in [1.82, 2.24) is 9.47 Å². The van der Waals surface area contributed by atoms with Gasteiger partial charge in [0.15, 0.2) is 11.6 Å². The van der Waals surface area contributed by atoms with Crippen LogP contribution in [0.2, 0.25) is 0 Å². The van der Waals surface area contributed by atoms with Crippen LogP contribution in [-0.2, 0) is 6.54 Å². The third-order valence-corrected chi connectivity index (χ3v) is 5.56. The highest BCUT2D eigenvalue weighted by Gasteiger charge is 2.22. The molecule has 1 fully saturated rings. The standard InChI is InChI=1S/C23H29N3O2/c1-5-10-26-17(2)15-22(18(26)3)23(28)16-24-11-13-25(14-12-24)21-8-6-20(7-9-21)19(4)27/h5-9,15H,1,10-14,16H2,2-4H3. The molecule has 28 heavy (non-hydrogen) atoms. The van der Waals surface area contributed by atoms with Crippen LogP contribution in [0.1, 0.15) is 39.0 Å². The molecule has 5 nitrogen and oxygen atoms in total. The number of allylic oxidation sites excluding steroid dienone is 1. The van der Waals surface area contributed by atoms with Gasteiger partial charge in [-0.2, -0.15) is 0 Å². The van der Waals surface area contributed by atoms with E-state index in [1.807, 2.05) is 50.3 Å². The highest BCUT2D eigenvalue weighted by molar-refractivity contribution is 5.99. The summed E-state index contributed by atoms with van der Waals surface area (Å²) >= 11 is 0. The summed E-state index contributed by atoms with van der Waals surface area (Å²) in [5.41, 5.74) is 4.80. The summed E-state index contributed by atoms with van der Waals surface area (Å²) in [5.74, 6) is 0.269. The van der Waals surface area contributed by atoms with Crippen LogP contribution in [0.5, 0.6) is 0 Å². The summed E-state index contributed by atoms with van der Waals surface area (Å²) in [6, 6.07) is 9.77. The molecule has 3 rings (SSSR count). The number of Topliss-reactive ketones (excluding diaryl/α,β-unsaturated/α-hetero) is 2. The van der Waals surface area contributed by atoms with Gasteiger partial charge in [0.2, 0.25) is 0 Å². The topological polar surface area (TPSA) is 45.6 Å². The Morgan fingerprint density at radius 2 is 1.71 bits per heavy atom. The largest absolute Gasteiger partial charge is 0.369 e. The number of anilines is 1. The SMILES string of the molecule is C=CCn1c(C)cc(C(=O)CN2CCN(c3ccc(C(C)=O)cc3)CC2)c1C. The molecule has 0 bridgehead atoms. The lowest BCUT2D eigenvalue weighted by Crippen LogP contribution is -2.48. The lowest BCUT2D eigenvalue weighted by molar-refractivity contribution is 0.0925. The van der Waals surface area contributed by atoms with Crippen molar-refractivity contribution in [2.45, 2.75) is 27.3 Å². The van der Waals surface area contributed by atoms with Crippen molar-refractivity contribution < 1.29 is 9.59 Å². The molecule has 1 saturated heterocycles. The molecule has 1 aliphatic heterocycles. The summed E-state index contributed by atoms with van der Waals surface area (Å²) in [4.78, 5) is 28.8. The smallest absolute Gasteiger partial charge is 0.178 e. The fourth-order valence-corrected chi connectivity index (χ4v) is 3.85. The van der Waals surface area contributed by atoms with Crippen LogP contribution in [0.4, 0.5) is 5.69 Å². The lowest BCUT2D eigenvalue weighted by atomic mass is 10.1. The first-order valence-electron chi connectivity index (χ1n) is 9.80. The molecule has 0 unspecified atom stereocenters. The van der Waals surface area contributed by atoms with Crippen LogP contribution in [0.25, 0.3) is 0 Å². The van der Waals surface area contributed by atoms with E-state index in [9.17, 15) is 9.59 Å². The van der Waals surface area contributed by atoms with Crippen molar-refractivity contribution in [3.05, 3.63) is 65.5 Å². The summed E-state index contributed by atoms with van der Waals surface area (Å²) in [6.07, 6.45) is 1.86. The third-order valence-electron chi connectivity index (χ3n) is 5.56. The number of rotatable bonds is 7. The highest BCUT2D eigenvalue weighted by atomic mass is 16.1. The number of piperazine rings is 1. The molecule has 2 aromatic rings. The Bertz CT molecular complexity index is 872. The maximum absolute atomic E-state index is 12.8. The molecule has 0 atom stereocenters. The third kappa shape index (κ3) is 4.25. The number of benzene rings is 1. The first-order chi connectivity index (χ1) is 13.4. The van der Waals surface area contributed by atoms with E-state index in [4.69, 9.17) is 0 Å². The predicted octanol–water partition coefficient (Wildman–Crippen LogP) is 3.50. The van der Waals surface area contributed by atoms with Crippen molar-refractivity contribution in [2.75, 3.05) is 37.6 Å². The summed E-state index contributed by atoms with van der Waals surface area (Å²) in [7, 11) is 0. The first kappa shape index (κ1) is 20.1. The van der Waals surface area contributed by atoms with E-state index < -0.39 is 0 Å². The van der Waals surface area contributed by atoms with Crippen molar-refractivity contribution >= 4 is 17.3 Å². The molecular formula is C23H29N3O2. The maximum atomic E-state index is 12.8. The number of hydrogen-bond acceptors (Lipinski definition) is 4. The zero-order chi connectivity index (χ0) is 20.3. The maximum Gasteiger partial charge on any atom is 0.178 e. The number of aromatic nitrogens is 1. The monoisotopic (exact) mass is 379 g/mol. The minimum absolute atomic E-state index is 0.0855. The normalized spacial score (nSPS) is 14.9. The summed E-state index contributed by atoms with van der Waals surface area (Å²) < 4.78 is 2.13. The second kappa shape index (κ2) is 8.57. The summed E-state index contributed by atoms with van der Waals surface area (Å²) in [5, 5.41) is 0. The second-order valence-corrected chi connectivity index (χ2v) is 7.47. The van der Waals surface area contributed by atoms with E-state index in [-0.39, 0.29) is 11.6 Å². The molecule has 1 aromatic carbocycles. The Kier molecular flexibility index (Phi) is 6.15. The van der Waals surface area contributed by atoms with Gasteiger partial charge in [-0.05, 0) is 51.1 Å². The Balaban J connectivity index is 1.58. The minimum atomic E-state index is 0.0855. The van der Waals surface area contributed by atoms with Gasteiger partial charge in [0, 0.05) is 60.9 Å². The average Bonchev–Trinajstić information content (AvgIpc) is 2.97. The van der Waals surface area contributed by atoms with Crippen LogP contribution < -0.4 is 4.90 Å². The van der Waals surface area contributed by atoms with Crippen molar-refractivity contribution in [2.24, 2.45) is 0 Å². The van der Waals surface area contributed by atoms with E-state index in [1.54, 1.807) is 6.92 Å². The number of ketones is 2. The van der Waals surface area contributed by atoms with Gasteiger partial charge >= 0.3 is 0 Å². The second-order valence-electron chi connectivity index (χ2n) is 7.47. The molecule has 2 heterocycles. The minimum Gasteiger partial charge on any atom is -0.369 e. The fourth-order valence-electron chi connectivity index (χ4n) is 3.85. The van der Waals surface area contributed by atoms with E-state index in [0.717, 1.165) is 60.9 Å². The summed E-state index contributed by atoms with van der Waals surface area (Å²) in [6.45, 7) is 14.1. The van der Waals surface area contributed by atoms with Gasteiger partial charge in [-0.3, -0.25) is 14.5 Å². The van der Waals surface area contributed by atoms with Gasteiger partial charge in [-0.15, -0.1) is 6.58 Å². The molecule has 5 heteroatoms. The van der Waals surface area contributed by atoms with E-state index in [1.165, 1.54) is 0 Å². The number of carbonyl (C=O) groups is 2. The Morgan fingerprint density at radius 3 is 2.29 bits per heavy atom. The molecule has 148 valence electrons. The van der Waals surface area contributed by atoms with Crippen molar-refractivity contribution in [3.8, 4) is 0 Å². The molecule has 0 aliphatic carbocycles. The van der Waals surface area contributed by atoms with Crippen LogP contribution >= 0.6 is 0 Å². The number of nitrogens with zero attached hydrogens (tertiary/aromatic N) is 3. The van der Waals surface area contributed by atoms with Gasteiger partial charge in [0.1, 0.15) is 0 Å². The fraction of sp³-hybridized carbons (Fsp3) is 0.391. The Morgan fingerprint density at radius 1 is 1.07 bits per heavy atom. The quantitative estimate of drug-likeness (QED) is 0.546. The molecule has 0 radical (unpaired) electrons. The van der Waals surface area contributed by atoms with E-state index >= 15 is 0 Å². The first-order valence-corrected chi connectivity index (χ1v) is 9.80. The number of hydrogen-bond donors (Lipinski definition) is 0. The average molecular weight is 380 g/mol. The van der Waals surface area contributed by atoms with Crippen LogP contribution in [0, 0.1) is 13.8 Å². The molecular weight excluding hydrogens is 350 g/mol. The molecule has 0 saturated carbocycles.